The molecular formula is C53H37N3. The molecule has 8 aromatic carbocycles. The lowest BCUT2D eigenvalue weighted by atomic mass is 9.90. The highest BCUT2D eigenvalue weighted by molar-refractivity contribution is 6.13. The molecule has 3 nitrogen and oxygen atoms in total. The topological polar surface area (TPSA) is 49.6 Å². The fraction of sp³-hybridized carbons (Fsp3) is 0. The van der Waals surface area contributed by atoms with Gasteiger partial charge >= 0.3 is 0 Å². The van der Waals surface area contributed by atoms with Crippen LogP contribution in [0.2, 0.25) is 0 Å². The predicted octanol–water partition coefficient (Wildman–Crippen LogP) is 13.5. The highest BCUT2D eigenvalue weighted by Gasteiger charge is 2.15. The summed E-state index contributed by atoms with van der Waals surface area (Å²) in [5.74, 6) is 0.670. The second kappa shape index (κ2) is 15.5. The van der Waals surface area contributed by atoms with Gasteiger partial charge in [0, 0.05) is 16.7 Å². The van der Waals surface area contributed by atoms with Crippen LogP contribution in [0.5, 0.6) is 0 Å². The van der Waals surface area contributed by atoms with Gasteiger partial charge in [0.05, 0.1) is 17.1 Å². The van der Waals surface area contributed by atoms with Gasteiger partial charge in [-0.25, -0.2) is 9.97 Å². The van der Waals surface area contributed by atoms with E-state index in [4.69, 9.17) is 15.4 Å². The molecule has 1 heterocycles. The molecule has 0 fully saturated rings. The fourth-order valence-electron chi connectivity index (χ4n) is 7.27. The predicted molar refractivity (Wildman–Crippen MR) is 234 cm³/mol. The van der Waals surface area contributed by atoms with Crippen LogP contribution in [0.1, 0.15) is 16.7 Å². The van der Waals surface area contributed by atoms with Crippen molar-refractivity contribution in [3.8, 4) is 56.2 Å². The summed E-state index contributed by atoms with van der Waals surface area (Å²) in [7, 11) is 0. The van der Waals surface area contributed by atoms with E-state index in [2.05, 4.69) is 152 Å². The van der Waals surface area contributed by atoms with E-state index in [9.17, 15) is 0 Å². The van der Waals surface area contributed by atoms with Crippen molar-refractivity contribution in [2.45, 2.75) is 0 Å². The van der Waals surface area contributed by atoms with Crippen molar-refractivity contribution in [1.29, 1.82) is 5.41 Å². The van der Waals surface area contributed by atoms with Gasteiger partial charge in [-0.05, 0) is 85.6 Å². The highest BCUT2D eigenvalue weighted by atomic mass is 14.9. The zero-order valence-electron chi connectivity index (χ0n) is 30.7. The van der Waals surface area contributed by atoms with Crippen LogP contribution < -0.4 is 0 Å². The molecule has 9 rings (SSSR count). The number of fused-ring (bicyclic) bond motifs is 1. The van der Waals surface area contributed by atoms with E-state index in [1.54, 1.807) is 0 Å². The van der Waals surface area contributed by atoms with E-state index in [-0.39, 0.29) is 0 Å². The number of hydrogen-bond donors (Lipinski definition) is 1. The summed E-state index contributed by atoms with van der Waals surface area (Å²) in [5, 5.41) is 11.3. The smallest absolute Gasteiger partial charge is 0.160 e. The van der Waals surface area contributed by atoms with Gasteiger partial charge in [0.15, 0.2) is 5.82 Å². The largest absolute Gasteiger partial charge is 0.300 e. The maximum Gasteiger partial charge on any atom is 0.160 e. The minimum atomic E-state index is 0.467. The summed E-state index contributed by atoms with van der Waals surface area (Å²) in [6.45, 7) is 0. The Morgan fingerprint density at radius 2 is 0.875 bits per heavy atom. The monoisotopic (exact) mass is 715 g/mol. The van der Waals surface area contributed by atoms with Crippen molar-refractivity contribution in [2.75, 3.05) is 0 Å². The molecule has 1 aromatic heterocycles. The molecule has 1 N–H and O–H groups in total. The summed E-state index contributed by atoms with van der Waals surface area (Å²) >= 11 is 0. The summed E-state index contributed by atoms with van der Waals surface area (Å²) < 4.78 is 0. The fourth-order valence-corrected chi connectivity index (χ4v) is 7.27. The van der Waals surface area contributed by atoms with E-state index in [1.807, 2.05) is 66.7 Å². The number of allylic oxidation sites excluding steroid dienone is 1. The molecule has 0 amide bonds. The molecule has 9 aromatic rings. The van der Waals surface area contributed by atoms with Crippen LogP contribution >= 0.6 is 0 Å². The van der Waals surface area contributed by atoms with Crippen LogP contribution in [0.15, 0.2) is 218 Å². The van der Waals surface area contributed by atoms with Crippen LogP contribution in [-0.4, -0.2) is 15.7 Å². The SMILES string of the molecule is N=C(/C=C(/c1ccccc1)c1cccc2ccc(-c3cccc(-c4nc(-c5ccccc5)cc(-c5cccc(-c6ccccc6)c5)n4)c3)cc12)c1ccccc1. The average Bonchev–Trinajstić information content (AvgIpc) is 3.29. The highest BCUT2D eigenvalue weighted by Crippen LogP contribution is 2.35. The third kappa shape index (κ3) is 7.22. The maximum absolute atomic E-state index is 9.05. The lowest BCUT2D eigenvalue weighted by molar-refractivity contribution is 1.18. The molecule has 0 saturated heterocycles. The Balaban J connectivity index is 1.15. The number of nitrogens with one attached hydrogen (secondary N) is 1. The van der Waals surface area contributed by atoms with Crippen LogP contribution in [0.4, 0.5) is 0 Å². The van der Waals surface area contributed by atoms with Crippen LogP contribution in [0.25, 0.3) is 72.5 Å². The van der Waals surface area contributed by atoms with E-state index in [0.29, 0.717) is 11.5 Å². The number of nitrogens with zero attached hydrogens (tertiary/aromatic N) is 2. The Morgan fingerprint density at radius 3 is 1.57 bits per heavy atom. The Hall–Kier alpha value is -7.49. The van der Waals surface area contributed by atoms with Crippen molar-refractivity contribution in [2.24, 2.45) is 0 Å². The van der Waals surface area contributed by atoms with E-state index >= 15 is 0 Å². The molecule has 0 bridgehead atoms. The van der Waals surface area contributed by atoms with Crippen molar-refractivity contribution >= 4 is 22.1 Å². The maximum atomic E-state index is 9.05. The lowest BCUT2D eigenvalue weighted by Gasteiger charge is -2.14. The molecule has 0 aliphatic carbocycles. The van der Waals surface area contributed by atoms with Crippen LogP contribution in [0.3, 0.4) is 0 Å². The number of aromatic nitrogens is 2. The van der Waals surface area contributed by atoms with Crippen molar-refractivity contribution in [1.82, 2.24) is 9.97 Å². The quantitative estimate of drug-likeness (QED) is 0.151. The molecule has 0 radical (unpaired) electrons. The lowest BCUT2D eigenvalue weighted by Crippen LogP contribution is -1.98. The third-order valence-corrected chi connectivity index (χ3v) is 10.1. The number of benzene rings is 8. The van der Waals surface area contributed by atoms with Gasteiger partial charge < -0.3 is 5.41 Å². The van der Waals surface area contributed by atoms with Crippen LogP contribution in [0, 0.1) is 5.41 Å². The second-order valence-electron chi connectivity index (χ2n) is 13.8. The Labute approximate surface area is 327 Å². The van der Waals surface area contributed by atoms with E-state index in [1.165, 1.54) is 5.56 Å². The van der Waals surface area contributed by atoms with Crippen LogP contribution in [-0.2, 0) is 0 Å². The first-order valence-corrected chi connectivity index (χ1v) is 18.8. The first-order valence-electron chi connectivity index (χ1n) is 18.8. The average molecular weight is 716 g/mol. The van der Waals surface area contributed by atoms with Crippen molar-refractivity contribution in [3.63, 3.8) is 0 Å². The summed E-state index contributed by atoms with van der Waals surface area (Å²) in [5.41, 5.74) is 13.7. The summed E-state index contributed by atoms with van der Waals surface area (Å²) in [6.07, 6.45) is 2.00. The van der Waals surface area contributed by atoms with E-state index in [0.717, 1.165) is 77.8 Å². The summed E-state index contributed by atoms with van der Waals surface area (Å²) in [4.78, 5) is 10.4. The first-order chi connectivity index (χ1) is 27.7. The molecule has 56 heavy (non-hydrogen) atoms. The molecular weight excluding hydrogens is 679 g/mol. The zero-order valence-corrected chi connectivity index (χ0v) is 30.7. The van der Waals surface area contributed by atoms with Gasteiger partial charge in [0.25, 0.3) is 0 Å². The zero-order chi connectivity index (χ0) is 37.7. The summed E-state index contributed by atoms with van der Waals surface area (Å²) in [6, 6.07) is 73.3. The van der Waals surface area contributed by atoms with Gasteiger partial charge in [-0.1, -0.05) is 188 Å². The molecule has 0 unspecified atom stereocenters. The van der Waals surface area contributed by atoms with E-state index < -0.39 is 0 Å². The van der Waals surface area contributed by atoms with Crippen molar-refractivity contribution < 1.29 is 0 Å². The molecule has 0 spiro atoms. The molecule has 0 aliphatic rings. The normalized spacial score (nSPS) is 11.4. The molecule has 0 saturated carbocycles. The first kappa shape index (κ1) is 34.3. The molecule has 0 atom stereocenters. The second-order valence-corrected chi connectivity index (χ2v) is 13.8. The Morgan fingerprint density at radius 1 is 0.375 bits per heavy atom. The minimum Gasteiger partial charge on any atom is -0.300 e. The Bertz CT molecular complexity index is 2840. The molecule has 264 valence electrons. The number of hydrogen-bond acceptors (Lipinski definition) is 3. The molecule has 0 aliphatic heterocycles. The van der Waals surface area contributed by atoms with Crippen molar-refractivity contribution in [3.05, 3.63) is 235 Å². The van der Waals surface area contributed by atoms with Gasteiger partial charge in [-0.3, -0.25) is 0 Å². The minimum absolute atomic E-state index is 0.467. The Kier molecular flexibility index (Phi) is 9.47. The van der Waals surface area contributed by atoms with Gasteiger partial charge in [-0.2, -0.15) is 0 Å². The van der Waals surface area contributed by atoms with Gasteiger partial charge in [0.1, 0.15) is 0 Å². The third-order valence-electron chi connectivity index (χ3n) is 10.1. The standard InChI is InChI=1S/C53H37N3/c54-50(40-20-9-3-10-21-40)35-49(38-18-7-2-8-19-38)47-29-15-24-39-30-31-44(34-48(39)47)43-26-14-28-46(33-43)53-55-51(41-22-11-4-12-23-41)36-52(56-53)45-27-13-25-42(32-45)37-16-5-1-6-17-37/h1-36,54H/b49-35-,54-50?. The van der Waals surface area contributed by atoms with Gasteiger partial charge in [0.2, 0.25) is 0 Å². The number of rotatable bonds is 9. The molecule has 3 heteroatoms. The van der Waals surface area contributed by atoms with Gasteiger partial charge in [-0.15, -0.1) is 0 Å².